The van der Waals surface area contributed by atoms with Crippen LogP contribution in [0.4, 0.5) is 11.9 Å². The Kier molecular flexibility index (Phi) is 5.54. The van der Waals surface area contributed by atoms with Crippen LogP contribution >= 0.6 is 27.3 Å². The van der Waals surface area contributed by atoms with Crippen LogP contribution < -0.4 is 15.4 Å². The minimum absolute atomic E-state index is 0.332. The van der Waals surface area contributed by atoms with Gasteiger partial charge in [-0.1, -0.05) is 6.92 Å². The molecule has 8 heteroatoms. The van der Waals surface area contributed by atoms with Crippen molar-refractivity contribution in [2.45, 2.75) is 19.9 Å². The summed E-state index contributed by atoms with van der Waals surface area (Å²) >= 11 is 5.17. The van der Waals surface area contributed by atoms with E-state index < -0.39 is 0 Å². The van der Waals surface area contributed by atoms with Crippen molar-refractivity contribution in [1.82, 2.24) is 15.0 Å². The fourth-order valence-corrected chi connectivity index (χ4v) is 2.85. The van der Waals surface area contributed by atoms with Crippen LogP contribution in [-0.4, -0.2) is 28.6 Å². The van der Waals surface area contributed by atoms with Crippen molar-refractivity contribution in [2.24, 2.45) is 0 Å². The summed E-state index contributed by atoms with van der Waals surface area (Å²) in [4.78, 5) is 13.8. The first kappa shape index (κ1) is 15.0. The number of aromatic nitrogens is 3. The molecule has 2 heterocycles. The Hall–Kier alpha value is -1.41. The van der Waals surface area contributed by atoms with Crippen molar-refractivity contribution in [3.05, 3.63) is 20.8 Å². The summed E-state index contributed by atoms with van der Waals surface area (Å²) in [5.74, 6) is 0.981. The molecule has 0 aliphatic carbocycles. The maximum Gasteiger partial charge on any atom is 0.323 e. The zero-order chi connectivity index (χ0) is 14.4. The van der Waals surface area contributed by atoms with E-state index in [1.165, 1.54) is 4.88 Å². The van der Waals surface area contributed by atoms with Crippen LogP contribution in [0.3, 0.4) is 0 Å². The predicted octanol–water partition coefficient (Wildman–Crippen LogP) is 3.14. The molecular formula is C12H16BrN5OS. The summed E-state index contributed by atoms with van der Waals surface area (Å²) < 4.78 is 6.53. The number of anilines is 2. The van der Waals surface area contributed by atoms with E-state index in [1.807, 2.05) is 18.4 Å². The lowest BCUT2D eigenvalue weighted by Gasteiger charge is -2.08. The van der Waals surface area contributed by atoms with Crippen LogP contribution in [0.2, 0.25) is 0 Å². The van der Waals surface area contributed by atoms with Gasteiger partial charge in [-0.15, -0.1) is 11.3 Å². The highest BCUT2D eigenvalue weighted by Gasteiger charge is 2.07. The third-order valence-corrected chi connectivity index (χ3v) is 4.30. The molecule has 20 heavy (non-hydrogen) atoms. The lowest BCUT2D eigenvalue weighted by molar-refractivity contribution is 0.292. The molecule has 0 saturated carbocycles. The molecule has 0 aromatic carbocycles. The van der Waals surface area contributed by atoms with E-state index in [-0.39, 0.29) is 0 Å². The van der Waals surface area contributed by atoms with Gasteiger partial charge < -0.3 is 15.4 Å². The molecule has 0 atom stereocenters. The molecule has 0 fully saturated rings. The van der Waals surface area contributed by atoms with Gasteiger partial charge >= 0.3 is 6.01 Å². The van der Waals surface area contributed by atoms with Crippen molar-refractivity contribution >= 4 is 39.2 Å². The Morgan fingerprint density at radius 2 is 2.10 bits per heavy atom. The van der Waals surface area contributed by atoms with Gasteiger partial charge in [0.15, 0.2) is 0 Å². The quantitative estimate of drug-likeness (QED) is 0.792. The maximum absolute atomic E-state index is 5.45. The molecule has 0 bridgehead atoms. The Balaban J connectivity index is 2.07. The summed E-state index contributed by atoms with van der Waals surface area (Å²) in [7, 11) is 1.76. The Morgan fingerprint density at radius 3 is 2.75 bits per heavy atom. The van der Waals surface area contributed by atoms with Gasteiger partial charge in [-0.2, -0.15) is 15.0 Å². The maximum atomic E-state index is 5.45. The number of nitrogens with zero attached hydrogens (tertiary/aromatic N) is 3. The molecule has 0 spiro atoms. The smallest absolute Gasteiger partial charge is 0.323 e. The van der Waals surface area contributed by atoms with E-state index in [1.54, 1.807) is 18.4 Å². The van der Waals surface area contributed by atoms with Crippen LogP contribution in [0, 0.1) is 0 Å². The SMILES string of the molecule is CCCOc1nc(NC)nc(NCc2sccc2Br)n1. The van der Waals surface area contributed by atoms with Crippen LogP contribution in [0.25, 0.3) is 0 Å². The second kappa shape index (κ2) is 7.39. The molecule has 6 nitrogen and oxygen atoms in total. The number of ether oxygens (including phenoxy) is 1. The highest BCUT2D eigenvalue weighted by atomic mass is 79.9. The van der Waals surface area contributed by atoms with E-state index in [9.17, 15) is 0 Å². The van der Waals surface area contributed by atoms with E-state index in [0.29, 0.717) is 31.1 Å². The average Bonchev–Trinajstić information content (AvgIpc) is 2.88. The summed E-state index contributed by atoms with van der Waals surface area (Å²) in [5, 5.41) is 8.11. The third kappa shape index (κ3) is 4.04. The molecule has 2 rings (SSSR count). The van der Waals surface area contributed by atoms with Crippen LogP contribution in [-0.2, 0) is 6.54 Å². The van der Waals surface area contributed by atoms with Crippen LogP contribution in [0.5, 0.6) is 6.01 Å². The predicted molar refractivity (Wildman–Crippen MR) is 84.5 cm³/mol. The van der Waals surface area contributed by atoms with Gasteiger partial charge in [0.1, 0.15) is 0 Å². The zero-order valence-corrected chi connectivity index (χ0v) is 13.7. The molecule has 0 saturated heterocycles. The van der Waals surface area contributed by atoms with Crippen LogP contribution in [0.1, 0.15) is 18.2 Å². The zero-order valence-electron chi connectivity index (χ0n) is 11.3. The van der Waals surface area contributed by atoms with Gasteiger partial charge in [0.2, 0.25) is 11.9 Å². The molecule has 2 aromatic heterocycles. The number of nitrogens with one attached hydrogen (secondary N) is 2. The summed E-state index contributed by atoms with van der Waals surface area (Å²) in [5.41, 5.74) is 0. The first-order valence-corrected chi connectivity index (χ1v) is 7.92. The molecule has 0 aliphatic heterocycles. The van der Waals surface area contributed by atoms with Gasteiger partial charge in [-0.25, -0.2) is 0 Å². The standard InChI is InChI=1S/C12H16BrN5OS/c1-3-5-19-12-17-10(14-2)16-11(18-12)15-7-9-8(13)4-6-20-9/h4,6H,3,5,7H2,1-2H3,(H2,14,15,16,17,18). The highest BCUT2D eigenvalue weighted by Crippen LogP contribution is 2.23. The monoisotopic (exact) mass is 357 g/mol. The fraction of sp³-hybridized carbons (Fsp3) is 0.417. The topological polar surface area (TPSA) is 72.0 Å². The molecule has 0 radical (unpaired) electrons. The van der Waals surface area contributed by atoms with Gasteiger partial charge in [-0.3, -0.25) is 0 Å². The van der Waals surface area contributed by atoms with Crippen molar-refractivity contribution < 1.29 is 4.74 Å². The van der Waals surface area contributed by atoms with E-state index >= 15 is 0 Å². The highest BCUT2D eigenvalue weighted by molar-refractivity contribution is 9.10. The molecule has 108 valence electrons. The molecule has 0 unspecified atom stereocenters. The summed E-state index contributed by atoms with van der Waals surface area (Å²) in [6.45, 7) is 3.27. The fourth-order valence-electron chi connectivity index (χ4n) is 1.42. The molecule has 2 aromatic rings. The minimum Gasteiger partial charge on any atom is -0.463 e. The van der Waals surface area contributed by atoms with Gasteiger partial charge in [0.05, 0.1) is 13.2 Å². The second-order valence-electron chi connectivity index (χ2n) is 3.91. The Labute approximate surface area is 130 Å². The minimum atomic E-state index is 0.332. The first-order chi connectivity index (χ1) is 9.72. The third-order valence-electron chi connectivity index (χ3n) is 2.37. The normalized spacial score (nSPS) is 10.3. The second-order valence-corrected chi connectivity index (χ2v) is 5.76. The molecule has 2 N–H and O–H groups in total. The van der Waals surface area contributed by atoms with Gasteiger partial charge in [-0.05, 0) is 33.8 Å². The molecule has 0 amide bonds. The number of thiophene rings is 1. The number of halogens is 1. The van der Waals surface area contributed by atoms with Crippen molar-refractivity contribution in [3.8, 4) is 6.01 Å². The van der Waals surface area contributed by atoms with Gasteiger partial charge in [0.25, 0.3) is 0 Å². The largest absolute Gasteiger partial charge is 0.463 e. The first-order valence-electron chi connectivity index (χ1n) is 6.25. The van der Waals surface area contributed by atoms with E-state index in [2.05, 4.69) is 41.5 Å². The number of rotatable bonds is 7. The van der Waals surface area contributed by atoms with E-state index in [4.69, 9.17) is 4.74 Å². The summed E-state index contributed by atoms with van der Waals surface area (Å²) in [6.07, 6.45) is 0.908. The Bertz CT molecular complexity index is 563. The lowest BCUT2D eigenvalue weighted by atomic mass is 10.5. The number of hydrogen-bond donors (Lipinski definition) is 2. The average molecular weight is 358 g/mol. The van der Waals surface area contributed by atoms with Crippen LogP contribution in [0.15, 0.2) is 15.9 Å². The van der Waals surface area contributed by atoms with Gasteiger partial charge in [0, 0.05) is 16.4 Å². The Morgan fingerprint density at radius 1 is 1.30 bits per heavy atom. The van der Waals surface area contributed by atoms with Crippen molar-refractivity contribution in [3.63, 3.8) is 0 Å². The van der Waals surface area contributed by atoms with Crippen molar-refractivity contribution in [2.75, 3.05) is 24.3 Å². The molecule has 0 aliphatic rings. The molecular weight excluding hydrogens is 342 g/mol. The summed E-state index contributed by atoms with van der Waals surface area (Å²) in [6, 6.07) is 2.35. The number of hydrogen-bond acceptors (Lipinski definition) is 7. The van der Waals surface area contributed by atoms with Crippen molar-refractivity contribution in [1.29, 1.82) is 0 Å². The van der Waals surface area contributed by atoms with E-state index in [0.717, 1.165) is 10.9 Å². The lowest BCUT2D eigenvalue weighted by Crippen LogP contribution is -2.09.